The molecule has 18 heavy (non-hydrogen) atoms. The number of hydrogen-bond donors (Lipinski definition) is 0. The van der Waals surface area contributed by atoms with Gasteiger partial charge in [-0.15, -0.1) is 0 Å². The van der Waals surface area contributed by atoms with Crippen LogP contribution >= 0.6 is 0 Å². The van der Waals surface area contributed by atoms with Gasteiger partial charge < -0.3 is 14.3 Å². The number of aldehydes is 1. The van der Waals surface area contributed by atoms with Crippen LogP contribution in [-0.2, 0) is 23.9 Å². The first-order chi connectivity index (χ1) is 8.04. The second kappa shape index (κ2) is 6.20. The van der Waals surface area contributed by atoms with Crippen molar-refractivity contribution < 1.29 is 23.9 Å². The number of ketones is 2. The average Bonchev–Trinajstić information content (AvgIpc) is 2.24. The van der Waals surface area contributed by atoms with Crippen LogP contribution in [0.1, 0.15) is 41.5 Å². The topological polar surface area (TPSA) is 69.7 Å². The van der Waals surface area contributed by atoms with Crippen LogP contribution in [0.25, 0.3) is 0 Å². The van der Waals surface area contributed by atoms with Crippen LogP contribution in [0.2, 0.25) is 0 Å². The largest absolute Gasteiger partial charge is 0.360 e. The SMILES string of the molecule is CC(=O)C(C)(C)OC(C)C(=O)C(C)(C)OCC=O. The highest BCUT2D eigenvalue weighted by atomic mass is 16.5. The van der Waals surface area contributed by atoms with E-state index >= 15 is 0 Å². The molecule has 5 heteroatoms. The number of carbonyl (C=O) groups is 3. The van der Waals surface area contributed by atoms with Crippen molar-refractivity contribution >= 4 is 17.9 Å². The minimum Gasteiger partial charge on any atom is -0.360 e. The lowest BCUT2D eigenvalue weighted by Crippen LogP contribution is -2.47. The van der Waals surface area contributed by atoms with Crippen LogP contribution in [0, 0.1) is 0 Å². The maximum Gasteiger partial charge on any atom is 0.192 e. The van der Waals surface area contributed by atoms with Gasteiger partial charge >= 0.3 is 0 Å². The lowest BCUT2D eigenvalue weighted by molar-refractivity contribution is -0.165. The Morgan fingerprint density at radius 1 is 1.17 bits per heavy atom. The van der Waals surface area contributed by atoms with Crippen LogP contribution in [0.3, 0.4) is 0 Å². The first-order valence-corrected chi connectivity index (χ1v) is 5.85. The second-order valence-corrected chi connectivity index (χ2v) is 5.18. The predicted octanol–water partition coefficient (Wildman–Crippen LogP) is 1.32. The molecule has 1 atom stereocenters. The molecule has 0 bridgehead atoms. The van der Waals surface area contributed by atoms with Crippen LogP contribution in [0.5, 0.6) is 0 Å². The van der Waals surface area contributed by atoms with E-state index in [1.54, 1.807) is 34.6 Å². The summed E-state index contributed by atoms with van der Waals surface area (Å²) in [4.78, 5) is 33.7. The van der Waals surface area contributed by atoms with Gasteiger partial charge in [-0.2, -0.15) is 0 Å². The summed E-state index contributed by atoms with van der Waals surface area (Å²) in [6.45, 7) is 9.18. The highest BCUT2D eigenvalue weighted by Crippen LogP contribution is 2.19. The first kappa shape index (κ1) is 16.9. The van der Waals surface area contributed by atoms with Gasteiger partial charge in [-0.1, -0.05) is 0 Å². The fraction of sp³-hybridized carbons (Fsp3) is 0.769. The molecular formula is C13H22O5. The van der Waals surface area contributed by atoms with Crippen molar-refractivity contribution in [2.45, 2.75) is 58.8 Å². The van der Waals surface area contributed by atoms with Gasteiger partial charge in [0.15, 0.2) is 11.6 Å². The molecule has 104 valence electrons. The summed E-state index contributed by atoms with van der Waals surface area (Å²) < 4.78 is 10.6. The smallest absolute Gasteiger partial charge is 0.192 e. The molecule has 0 aliphatic heterocycles. The van der Waals surface area contributed by atoms with Crippen molar-refractivity contribution in [1.29, 1.82) is 0 Å². The maximum atomic E-state index is 12.1. The summed E-state index contributed by atoms with van der Waals surface area (Å²) in [7, 11) is 0. The Labute approximate surface area is 108 Å². The minimum atomic E-state index is -1.12. The molecule has 0 rings (SSSR count). The predicted molar refractivity (Wildman–Crippen MR) is 66.4 cm³/mol. The summed E-state index contributed by atoms with van der Waals surface area (Å²) in [6, 6.07) is 0. The van der Waals surface area contributed by atoms with Gasteiger partial charge in [0.2, 0.25) is 0 Å². The summed E-state index contributed by atoms with van der Waals surface area (Å²) in [5, 5.41) is 0. The van der Waals surface area contributed by atoms with Crippen LogP contribution in [0.4, 0.5) is 0 Å². The van der Waals surface area contributed by atoms with Crippen molar-refractivity contribution in [3.63, 3.8) is 0 Å². The van der Waals surface area contributed by atoms with E-state index in [0.717, 1.165) is 0 Å². The van der Waals surface area contributed by atoms with E-state index in [0.29, 0.717) is 6.29 Å². The van der Waals surface area contributed by atoms with Gasteiger partial charge in [-0.05, 0) is 41.5 Å². The van der Waals surface area contributed by atoms with Crippen LogP contribution < -0.4 is 0 Å². The monoisotopic (exact) mass is 258 g/mol. The van der Waals surface area contributed by atoms with E-state index in [1.807, 2.05) is 0 Å². The summed E-state index contributed by atoms with van der Waals surface area (Å²) in [5.74, 6) is -0.465. The van der Waals surface area contributed by atoms with E-state index in [4.69, 9.17) is 9.47 Å². The molecule has 1 unspecified atom stereocenters. The molecule has 0 radical (unpaired) electrons. The summed E-state index contributed by atoms with van der Waals surface area (Å²) in [5.41, 5.74) is -2.14. The number of ether oxygens (including phenoxy) is 2. The minimum absolute atomic E-state index is 0.151. The number of carbonyl (C=O) groups excluding carboxylic acids is 3. The quantitative estimate of drug-likeness (QED) is 0.614. The van der Waals surface area contributed by atoms with Crippen molar-refractivity contribution in [1.82, 2.24) is 0 Å². The first-order valence-electron chi connectivity index (χ1n) is 5.85. The number of Topliss-reactive ketones (excluding diaryl/α,β-unsaturated/α-hetero) is 2. The molecule has 5 nitrogen and oxygen atoms in total. The third-order valence-electron chi connectivity index (χ3n) is 2.79. The molecule has 0 amide bonds. The third-order valence-corrected chi connectivity index (χ3v) is 2.79. The lowest BCUT2D eigenvalue weighted by Gasteiger charge is -2.31. The van der Waals surface area contributed by atoms with Crippen LogP contribution in [-0.4, -0.2) is 41.8 Å². The number of rotatable bonds is 8. The zero-order valence-corrected chi connectivity index (χ0v) is 11.9. The number of hydrogen-bond acceptors (Lipinski definition) is 5. The third kappa shape index (κ3) is 4.66. The second-order valence-electron chi connectivity index (χ2n) is 5.18. The van der Waals surface area contributed by atoms with E-state index in [1.165, 1.54) is 6.92 Å². The van der Waals surface area contributed by atoms with Crippen LogP contribution in [0.15, 0.2) is 0 Å². The molecule has 0 aromatic carbocycles. The van der Waals surface area contributed by atoms with Crippen molar-refractivity contribution in [3.8, 4) is 0 Å². The molecule has 0 aliphatic carbocycles. The Kier molecular flexibility index (Phi) is 5.83. The molecule has 0 spiro atoms. The Morgan fingerprint density at radius 2 is 1.67 bits per heavy atom. The van der Waals surface area contributed by atoms with Crippen molar-refractivity contribution in [3.05, 3.63) is 0 Å². The lowest BCUT2D eigenvalue weighted by atomic mass is 9.98. The molecule has 0 aromatic heterocycles. The summed E-state index contributed by atoms with van der Waals surface area (Å²) in [6.07, 6.45) is -0.203. The highest BCUT2D eigenvalue weighted by molar-refractivity contribution is 5.91. The van der Waals surface area contributed by atoms with E-state index < -0.39 is 17.3 Å². The van der Waals surface area contributed by atoms with Gasteiger partial charge in [0.05, 0.1) is 0 Å². The fourth-order valence-electron chi connectivity index (χ4n) is 1.38. The van der Waals surface area contributed by atoms with Gasteiger partial charge in [-0.25, -0.2) is 0 Å². The maximum absolute atomic E-state index is 12.1. The fourth-order valence-corrected chi connectivity index (χ4v) is 1.38. The van der Waals surface area contributed by atoms with Gasteiger partial charge in [0.25, 0.3) is 0 Å². The standard InChI is InChI=1S/C13H22O5/c1-9(18-12(3,4)10(2)15)11(16)13(5,6)17-8-7-14/h7,9H,8H2,1-6H3. The molecule has 0 fully saturated rings. The average molecular weight is 258 g/mol. The van der Waals surface area contributed by atoms with Crippen molar-refractivity contribution in [2.75, 3.05) is 6.61 Å². The Bertz CT molecular complexity index is 330. The molecule has 0 aliphatic rings. The van der Waals surface area contributed by atoms with E-state index in [-0.39, 0.29) is 18.2 Å². The van der Waals surface area contributed by atoms with Gasteiger partial charge in [-0.3, -0.25) is 9.59 Å². The Morgan fingerprint density at radius 3 is 2.06 bits per heavy atom. The molecule has 0 saturated heterocycles. The summed E-state index contributed by atoms with van der Waals surface area (Å²) >= 11 is 0. The zero-order chi connectivity index (χ0) is 14.6. The van der Waals surface area contributed by atoms with Gasteiger partial charge in [0.1, 0.15) is 30.2 Å². The Hall–Kier alpha value is -1.07. The zero-order valence-electron chi connectivity index (χ0n) is 11.9. The van der Waals surface area contributed by atoms with E-state index in [9.17, 15) is 14.4 Å². The normalized spacial score (nSPS) is 14.1. The molecule has 0 aromatic rings. The van der Waals surface area contributed by atoms with Crippen molar-refractivity contribution in [2.24, 2.45) is 0 Å². The highest BCUT2D eigenvalue weighted by Gasteiger charge is 2.37. The molecular weight excluding hydrogens is 236 g/mol. The van der Waals surface area contributed by atoms with E-state index in [2.05, 4.69) is 0 Å². The molecule has 0 N–H and O–H groups in total. The van der Waals surface area contributed by atoms with Gasteiger partial charge in [0, 0.05) is 0 Å². The molecule has 0 saturated carbocycles. The molecule has 0 heterocycles. The Balaban J connectivity index is 4.69.